The topological polar surface area (TPSA) is 77.2 Å². The van der Waals surface area contributed by atoms with Crippen molar-refractivity contribution in [3.05, 3.63) is 46.2 Å². The summed E-state index contributed by atoms with van der Waals surface area (Å²) in [5, 5.41) is 3.32. The fraction of sp³-hybridized carbons (Fsp3) is 0.444. The lowest BCUT2D eigenvalue weighted by Crippen LogP contribution is -2.43. The number of carbonyl (C=O) groups is 1. The average molecular weight is 400 g/mol. The molecule has 1 atom stereocenters. The van der Waals surface area contributed by atoms with E-state index >= 15 is 0 Å². The number of aromatic nitrogens is 1. The number of ether oxygens (including phenoxy) is 1. The first-order valence-corrected chi connectivity index (χ1v) is 9.20. The molecule has 3 N–H and O–H groups in total. The average Bonchev–Trinajstić information content (AvgIpc) is 2.96. The third-order valence-corrected chi connectivity index (χ3v) is 5.58. The number of benzene rings is 1. The standard InChI is InChI=1S/C18H22FN3O2S.ClH/c1-11-15(10-13-4-2-3-5-14(13)19)25-18(21-11)22-17(23)16(20)12-6-8-24-9-7-12;/h2-5,12,16H,6-10,20H2,1H3,(H,21,22,23);1H. The van der Waals surface area contributed by atoms with E-state index in [1.807, 2.05) is 13.0 Å². The monoisotopic (exact) mass is 399 g/mol. The van der Waals surface area contributed by atoms with Crippen LogP contribution in [0.4, 0.5) is 9.52 Å². The molecular weight excluding hydrogens is 377 g/mol. The number of hydrogen-bond acceptors (Lipinski definition) is 5. The molecule has 0 radical (unpaired) electrons. The largest absolute Gasteiger partial charge is 0.381 e. The van der Waals surface area contributed by atoms with E-state index in [0.717, 1.165) is 23.4 Å². The Morgan fingerprint density at radius 3 is 2.81 bits per heavy atom. The lowest BCUT2D eigenvalue weighted by molar-refractivity contribution is -0.119. The number of halogens is 2. The zero-order chi connectivity index (χ0) is 17.8. The fourth-order valence-electron chi connectivity index (χ4n) is 2.94. The molecule has 1 amide bonds. The van der Waals surface area contributed by atoms with Crippen LogP contribution in [0.15, 0.2) is 24.3 Å². The normalized spacial score (nSPS) is 16.0. The summed E-state index contributed by atoms with van der Waals surface area (Å²) in [6, 6.07) is 6.12. The number of aryl methyl sites for hydroxylation is 1. The van der Waals surface area contributed by atoms with Crippen molar-refractivity contribution in [3.8, 4) is 0 Å². The molecule has 1 unspecified atom stereocenters. The molecule has 26 heavy (non-hydrogen) atoms. The van der Waals surface area contributed by atoms with Crippen molar-refractivity contribution in [1.82, 2.24) is 4.98 Å². The third kappa shape index (κ3) is 5.01. The van der Waals surface area contributed by atoms with Gasteiger partial charge in [0.2, 0.25) is 5.91 Å². The van der Waals surface area contributed by atoms with E-state index in [1.54, 1.807) is 12.1 Å². The highest BCUT2D eigenvalue weighted by atomic mass is 35.5. The van der Waals surface area contributed by atoms with Crippen molar-refractivity contribution in [2.75, 3.05) is 18.5 Å². The van der Waals surface area contributed by atoms with Crippen molar-refractivity contribution in [2.24, 2.45) is 11.7 Å². The smallest absolute Gasteiger partial charge is 0.243 e. The van der Waals surface area contributed by atoms with Crippen LogP contribution >= 0.6 is 23.7 Å². The van der Waals surface area contributed by atoms with E-state index < -0.39 is 6.04 Å². The van der Waals surface area contributed by atoms with Gasteiger partial charge in [0, 0.05) is 24.5 Å². The Kier molecular flexibility index (Phi) is 7.52. The van der Waals surface area contributed by atoms with Crippen molar-refractivity contribution in [3.63, 3.8) is 0 Å². The van der Waals surface area contributed by atoms with Gasteiger partial charge in [-0.2, -0.15) is 0 Å². The highest BCUT2D eigenvalue weighted by Gasteiger charge is 2.27. The van der Waals surface area contributed by atoms with Gasteiger partial charge < -0.3 is 15.8 Å². The first-order valence-electron chi connectivity index (χ1n) is 8.38. The van der Waals surface area contributed by atoms with Crippen LogP contribution in [-0.2, 0) is 16.0 Å². The van der Waals surface area contributed by atoms with Crippen LogP contribution in [0.3, 0.4) is 0 Å². The van der Waals surface area contributed by atoms with Gasteiger partial charge in [0.05, 0.1) is 11.7 Å². The highest BCUT2D eigenvalue weighted by Crippen LogP contribution is 2.27. The molecule has 142 valence electrons. The third-order valence-electron chi connectivity index (χ3n) is 4.51. The number of anilines is 1. The van der Waals surface area contributed by atoms with Gasteiger partial charge in [-0.05, 0) is 37.3 Å². The van der Waals surface area contributed by atoms with E-state index in [4.69, 9.17) is 10.5 Å². The highest BCUT2D eigenvalue weighted by molar-refractivity contribution is 7.15. The minimum absolute atomic E-state index is 0. The Morgan fingerprint density at radius 2 is 2.12 bits per heavy atom. The van der Waals surface area contributed by atoms with E-state index in [9.17, 15) is 9.18 Å². The molecule has 8 heteroatoms. The van der Waals surface area contributed by atoms with Crippen molar-refractivity contribution in [1.29, 1.82) is 0 Å². The molecular formula is C18H23ClFN3O2S. The van der Waals surface area contributed by atoms with E-state index in [2.05, 4.69) is 10.3 Å². The summed E-state index contributed by atoms with van der Waals surface area (Å²) in [7, 11) is 0. The zero-order valence-corrected chi connectivity index (χ0v) is 16.2. The molecule has 3 rings (SSSR count). The lowest BCUT2D eigenvalue weighted by atomic mass is 9.92. The zero-order valence-electron chi connectivity index (χ0n) is 14.5. The Bertz CT molecular complexity index is 750. The maximum Gasteiger partial charge on any atom is 0.243 e. The molecule has 0 bridgehead atoms. The molecule has 0 aliphatic carbocycles. The van der Waals surface area contributed by atoms with Crippen LogP contribution in [0, 0.1) is 18.7 Å². The number of nitrogens with two attached hydrogens (primary N) is 1. The van der Waals surface area contributed by atoms with Gasteiger partial charge in [-0.3, -0.25) is 4.79 Å². The number of thiazole rings is 1. The minimum Gasteiger partial charge on any atom is -0.381 e. The molecule has 5 nitrogen and oxygen atoms in total. The van der Waals surface area contributed by atoms with Crippen LogP contribution in [-0.4, -0.2) is 30.1 Å². The second kappa shape index (κ2) is 9.41. The molecule has 2 heterocycles. The molecule has 2 aromatic rings. The number of amides is 1. The SMILES string of the molecule is Cc1nc(NC(=O)C(N)C2CCOCC2)sc1Cc1ccccc1F.Cl. The second-order valence-corrected chi connectivity index (χ2v) is 7.34. The summed E-state index contributed by atoms with van der Waals surface area (Å²) < 4.78 is 19.1. The maximum atomic E-state index is 13.8. The molecule has 1 aromatic carbocycles. The summed E-state index contributed by atoms with van der Waals surface area (Å²) >= 11 is 1.37. The lowest BCUT2D eigenvalue weighted by Gasteiger charge is -2.26. The first kappa shape index (κ1) is 20.8. The number of carbonyl (C=O) groups excluding carboxylic acids is 1. The van der Waals surface area contributed by atoms with Gasteiger partial charge >= 0.3 is 0 Å². The Hall–Kier alpha value is -1.54. The predicted molar refractivity (Wildman–Crippen MR) is 103 cm³/mol. The molecule has 1 fully saturated rings. The summed E-state index contributed by atoms with van der Waals surface area (Å²) in [5.41, 5.74) is 7.50. The summed E-state index contributed by atoms with van der Waals surface area (Å²) in [4.78, 5) is 17.7. The molecule has 1 aromatic heterocycles. The van der Waals surface area contributed by atoms with Gasteiger partial charge in [-0.15, -0.1) is 23.7 Å². The predicted octanol–water partition coefficient (Wildman–Crippen LogP) is 3.30. The van der Waals surface area contributed by atoms with Gasteiger partial charge in [0.15, 0.2) is 5.13 Å². The number of nitrogens with one attached hydrogen (secondary N) is 1. The fourth-order valence-corrected chi connectivity index (χ4v) is 3.93. The van der Waals surface area contributed by atoms with Crippen molar-refractivity contribution >= 4 is 34.8 Å². The minimum atomic E-state index is -0.567. The van der Waals surface area contributed by atoms with Gasteiger partial charge in [-0.1, -0.05) is 18.2 Å². The van der Waals surface area contributed by atoms with E-state index in [0.29, 0.717) is 30.3 Å². The Balaban J connectivity index is 0.00000243. The van der Waals surface area contributed by atoms with E-state index in [-0.39, 0.29) is 30.0 Å². The number of rotatable bonds is 5. The van der Waals surface area contributed by atoms with Crippen LogP contribution < -0.4 is 11.1 Å². The van der Waals surface area contributed by atoms with Gasteiger partial charge in [0.1, 0.15) is 5.82 Å². The summed E-state index contributed by atoms with van der Waals surface area (Å²) in [6.45, 7) is 3.16. The summed E-state index contributed by atoms with van der Waals surface area (Å²) in [6.07, 6.45) is 2.05. The van der Waals surface area contributed by atoms with Crippen LogP contribution in [0.5, 0.6) is 0 Å². The van der Waals surface area contributed by atoms with Crippen molar-refractivity contribution < 1.29 is 13.9 Å². The maximum absolute atomic E-state index is 13.8. The Labute approximate surface area is 162 Å². The molecule has 1 aliphatic rings. The number of nitrogens with zero attached hydrogens (tertiary/aromatic N) is 1. The first-order chi connectivity index (χ1) is 12.0. The quantitative estimate of drug-likeness (QED) is 0.808. The van der Waals surface area contributed by atoms with E-state index in [1.165, 1.54) is 17.4 Å². The molecule has 1 saturated heterocycles. The van der Waals surface area contributed by atoms with Crippen molar-refractivity contribution in [2.45, 2.75) is 32.2 Å². The van der Waals surface area contributed by atoms with Gasteiger partial charge in [-0.25, -0.2) is 9.37 Å². The Morgan fingerprint density at radius 1 is 1.42 bits per heavy atom. The second-order valence-electron chi connectivity index (χ2n) is 6.26. The van der Waals surface area contributed by atoms with Crippen LogP contribution in [0.25, 0.3) is 0 Å². The van der Waals surface area contributed by atoms with Gasteiger partial charge in [0.25, 0.3) is 0 Å². The van der Waals surface area contributed by atoms with Crippen LogP contribution in [0.2, 0.25) is 0 Å². The molecule has 0 spiro atoms. The molecule has 0 saturated carbocycles. The number of hydrogen-bond donors (Lipinski definition) is 2. The van der Waals surface area contributed by atoms with Crippen LogP contribution in [0.1, 0.15) is 29.0 Å². The molecule has 1 aliphatic heterocycles. The summed E-state index contributed by atoms with van der Waals surface area (Å²) in [5.74, 6) is -0.326.